The summed E-state index contributed by atoms with van der Waals surface area (Å²) >= 11 is 5.81. The number of amides is 1. The van der Waals surface area contributed by atoms with E-state index in [0.717, 1.165) is 31.7 Å². The normalized spacial score (nSPS) is 15.9. The maximum absolute atomic E-state index is 13.7. The van der Waals surface area contributed by atoms with Gasteiger partial charge in [-0.3, -0.25) is 4.79 Å². The van der Waals surface area contributed by atoms with Crippen LogP contribution in [0.5, 0.6) is 0 Å². The molecule has 27 heavy (non-hydrogen) atoms. The molecule has 0 aromatic heterocycles. The zero-order valence-corrected chi connectivity index (χ0v) is 16.2. The minimum Gasteiger partial charge on any atom is -0.319 e. The molecule has 1 heterocycles. The van der Waals surface area contributed by atoms with Gasteiger partial charge in [-0.2, -0.15) is 4.31 Å². The second-order valence-corrected chi connectivity index (χ2v) is 8.80. The van der Waals surface area contributed by atoms with Crippen LogP contribution in [-0.4, -0.2) is 31.7 Å². The van der Waals surface area contributed by atoms with Crippen LogP contribution in [0.1, 0.15) is 36.0 Å². The summed E-state index contributed by atoms with van der Waals surface area (Å²) in [4.78, 5) is 12.5. The maximum Gasteiger partial charge on any atom is 0.255 e. The molecule has 0 unspecified atom stereocenters. The first-order chi connectivity index (χ1) is 12.9. The Balaban J connectivity index is 1.76. The van der Waals surface area contributed by atoms with Crippen molar-refractivity contribution < 1.29 is 17.6 Å². The zero-order chi connectivity index (χ0) is 19.4. The molecule has 2 aromatic rings. The molecule has 0 atom stereocenters. The molecule has 0 aliphatic carbocycles. The number of carbonyl (C=O) groups is 1. The number of halogens is 2. The number of nitrogens with one attached hydrogen (secondary N) is 1. The summed E-state index contributed by atoms with van der Waals surface area (Å²) in [7, 11) is -3.57. The number of rotatable bonds is 4. The van der Waals surface area contributed by atoms with E-state index in [1.807, 2.05) is 0 Å². The van der Waals surface area contributed by atoms with Crippen molar-refractivity contribution in [2.75, 3.05) is 18.4 Å². The molecule has 5 nitrogen and oxygen atoms in total. The summed E-state index contributed by atoms with van der Waals surface area (Å²) in [5, 5.41) is 2.74. The van der Waals surface area contributed by atoms with Gasteiger partial charge in [-0.15, -0.1) is 0 Å². The van der Waals surface area contributed by atoms with E-state index >= 15 is 0 Å². The summed E-state index contributed by atoms with van der Waals surface area (Å²) in [6.07, 6.45) is 3.77. The zero-order valence-electron chi connectivity index (χ0n) is 14.6. The molecule has 1 fully saturated rings. The van der Waals surface area contributed by atoms with Crippen molar-refractivity contribution in [3.05, 3.63) is 58.9 Å². The van der Waals surface area contributed by atoms with Crippen molar-refractivity contribution in [2.45, 2.75) is 30.6 Å². The molecule has 1 amide bonds. The standard InChI is InChI=1S/C19H20ClFN2O3S/c20-15-7-10-17(21)18(13-15)22-19(24)14-5-8-16(9-6-14)27(25,26)23-11-3-1-2-4-12-23/h5-10,13H,1-4,11-12H2,(H,22,24). The third kappa shape index (κ3) is 4.66. The second-order valence-electron chi connectivity index (χ2n) is 6.42. The molecule has 8 heteroatoms. The van der Waals surface area contributed by atoms with Crippen LogP contribution in [0.15, 0.2) is 47.4 Å². The third-order valence-electron chi connectivity index (χ3n) is 4.50. The van der Waals surface area contributed by atoms with Crippen LogP contribution in [-0.2, 0) is 10.0 Å². The number of nitrogens with zero attached hydrogens (tertiary/aromatic N) is 1. The Labute approximate surface area is 163 Å². The topological polar surface area (TPSA) is 66.5 Å². The maximum atomic E-state index is 13.7. The van der Waals surface area contributed by atoms with E-state index in [4.69, 9.17) is 11.6 Å². The third-order valence-corrected chi connectivity index (χ3v) is 6.64. The Morgan fingerprint density at radius 2 is 1.63 bits per heavy atom. The number of hydrogen-bond donors (Lipinski definition) is 1. The quantitative estimate of drug-likeness (QED) is 0.817. The Bertz CT molecular complexity index is 924. The van der Waals surface area contributed by atoms with Gasteiger partial charge in [0.25, 0.3) is 5.91 Å². The van der Waals surface area contributed by atoms with Gasteiger partial charge < -0.3 is 5.32 Å². The highest BCUT2D eigenvalue weighted by Crippen LogP contribution is 2.22. The van der Waals surface area contributed by atoms with Gasteiger partial charge in [-0.05, 0) is 55.3 Å². The van der Waals surface area contributed by atoms with Crippen molar-refractivity contribution in [1.82, 2.24) is 4.31 Å². The predicted molar refractivity (Wildman–Crippen MR) is 103 cm³/mol. The molecule has 3 rings (SSSR count). The lowest BCUT2D eigenvalue weighted by Gasteiger charge is -2.20. The first-order valence-electron chi connectivity index (χ1n) is 8.74. The molecule has 144 valence electrons. The number of anilines is 1. The number of benzene rings is 2. The smallest absolute Gasteiger partial charge is 0.255 e. The number of hydrogen-bond acceptors (Lipinski definition) is 3. The summed E-state index contributed by atoms with van der Waals surface area (Å²) < 4.78 is 40.8. The molecule has 1 N–H and O–H groups in total. The van der Waals surface area contributed by atoms with Gasteiger partial charge in [-0.25, -0.2) is 12.8 Å². The van der Waals surface area contributed by atoms with Crippen molar-refractivity contribution in [1.29, 1.82) is 0 Å². The van der Waals surface area contributed by atoms with E-state index < -0.39 is 21.7 Å². The molecule has 1 aliphatic rings. The molecule has 0 bridgehead atoms. The molecule has 0 spiro atoms. The Morgan fingerprint density at radius 3 is 2.26 bits per heavy atom. The van der Waals surface area contributed by atoms with Crippen molar-refractivity contribution in [3.63, 3.8) is 0 Å². The van der Waals surface area contributed by atoms with E-state index in [1.54, 1.807) is 0 Å². The molecule has 0 saturated carbocycles. The predicted octanol–water partition coefficient (Wildman–Crippen LogP) is 4.30. The van der Waals surface area contributed by atoms with Gasteiger partial charge in [0.15, 0.2) is 0 Å². The minimum absolute atomic E-state index is 0.0336. The van der Waals surface area contributed by atoms with Crippen molar-refractivity contribution in [3.8, 4) is 0 Å². The Kier molecular flexibility index (Phi) is 6.14. The van der Waals surface area contributed by atoms with Crippen LogP contribution in [0.25, 0.3) is 0 Å². The Hall–Kier alpha value is -1.96. The monoisotopic (exact) mass is 410 g/mol. The average Bonchev–Trinajstić information content (AvgIpc) is 2.95. The SMILES string of the molecule is O=C(Nc1cc(Cl)ccc1F)c1ccc(S(=O)(=O)N2CCCCCC2)cc1. The minimum atomic E-state index is -3.57. The fourth-order valence-electron chi connectivity index (χ4n) is 3.00. The van der Waals surface area contributed by atoms with Gasteiger partial charge in [0, 0.05) is 23.7 Å². The van der Waals surface area contributed by atoms with E-state index in [0.29, 0.717) is 18.1 Å². The highest BCUT2D eigenvalue weighted by molar-refractivity contribution is 7.89. The summed E-state index contributed by atoms with van der Waals surface area (Å²) in [6.45, 7) is 1.03. The lowest BCUT2D eigenvalue weighted by Crippen LogP contribution is -2.31. The van der Waals surface area contributed by atoms with Crippen LogP contribution in [0.3, 0.4) is 0 Å². The highest BCUT2D eigenvalue weighted by Gasteiger charge is 2.25. The second kappa shape index (κ2) is 8.37. The van der Waals surface area contributed by atoms with Crippen molar-refractivity contribution >= 4 is 33.2 Å². The summed E-state index contributed by atoms with van der Waals surface area (Å²) in [5.41, 5.74) is 0.193. The molecular formula is C19H20ClFN2O3S. The van der Waals surface area contributed by atoms with Gasteiger partial charge in [0.1, 0.15) is 5.82 Å². The van der Waals surface area contributed by atoms with Gasteiger partial charge in [0.05, 0.1) is 10.6 Å². The summed E-state index contributed by atoms with van der Waals surface area (Å²) in [6, 6.07) is 9.51. The molecule has 2 aromatic carbocycles. The summed E-state index contributed by atoms with van der Waals surface area (Å²) in [5.74, 6) is -1.15. The average molecular weight is 411 g/mol. The van der Waals surface area contributed by atoms with E-state index in [2.05, 4.69) is 5.32 Å². The van der Waals surface area contributed by atoms with Crippen LogP contribution >= 0.6 is 11.6 Å². The van der Waals surface area contributed by atoms with Crippen LogP contribution < -0.4 is 5.32 Å². The lowest BCUT2D eigenvalue weighted by molar-refractivity contribution is 0.102. The van der Waals surface area contributed by atoms with Crippen molar-refractivity contribution in [2.24, 2.45) is 0 Å². The van der Waals surface area contributed by atoms with E-state index in [9.17, 15) is 17.6 Å². The molecular weight excluding hydrogens is 391 g/mol. The number of sulfonamides is 1. The fourth-order valence-corrected chi connectivity index (χ4v) is 4.69. The van der Waals surface area contributed by atoms with Crippen LogP contribution in [0.2, 0.25) is 5.02 Å². The van der Waals surface area contributed by atoms with Crippen LogP contribution in [0, 0.1) is 5.82 Å². The number of carbonyl (C=O) groups excluding carboxylic acids is 1. The van der Waals surface area contributed by atoms with Gasteiger partial charge in [0.2, 0.25) is 10.0 Å². The lowest BCUT2D eigenvalue weighted by atomic mass is 10.2. The van der Waals surface area contributed by atoms with Crippen LogP contribution in [0.4, 0.5) is 10.1 Å². The molecule has 1 aliphatic heterocycles. The largest absolute Gasteiger partial charge is 0.319 e. The Morgan fingerprint density at radius 1 is 1.00 bits per heavy atom. The molecule has 1 saturated heterocycles. The fraction of sp³-hybridized carbons (Fsp3) is 0.316. The van der Waals surface area contributed by atoms with Gasteiger partial charge in [-0.1, -0.05) is 24.4 Å². The highest BCUT2D eigenvalue weighted by atomic mass is 35.5. The van der Waals surface area contributed by atoms with E-state index in [-0.39, 0.29) is 16.1 Å². The van der Waals surface area contributed by atoms with Gasteiger partial charge >= 0.3 is 0 Å². The van der Waals surface area contributed by atoms with E-state index in [1.165, 1.54) is 40.7 Å². The first kappa shape index (κ1) is 19.8. The first-order valence-corrected chi connectivity index (χ1v) is 10.6. The molecule has 0 radical (unpaired) electrons.